The van der Waals surface area contributed by atoms with Crippen molar-refractivity contribution in [3.8, 4) is 17.2 Å². The van der Waals surface area contributed by atoms with E-state index in [0.29, 0.717) is 25.6 Å². The van der Waals surface area contributed by atoms with Crippen molar-refractivity contribution in [3.05, 3.63) is 53.6 Å². The number of carboxylic acid groups (broad SMARTS) is 1. The van der Waals surface area contributed by atoms with Gasteiger partial charge >= 0.3 is 5.97 Å². The third kappa shape index (κ3) is 3.85. The molecule has 0 radical (unpaired) electrons. The van der Waals surface area contributed by atoms with Crippen LogP contribution in [0.1, 0.15) is 34.8 Å². The lowest BCUT2D eigenvalue weighted by Gasteiger charge is -2.28. The van der Waals surface area contributed by atoms with Crippen LogP contribution in [0.15, 0.2) is 42.5 Å². The highest BCUT2D eigenvalue weighted by molar-refractivity contribution is 5.87. The summed E-state index contributed by atoms with van der Waals surface area (Å²) in [6.45, 7) is 3.46. The summed E-state index contributed by atoms with van der Waals surface area (Å²) in [5.74, 6) is 1.33. The van der Waals surface area contributed by atoms with E-state index in [-0.39, 0.29) is 11.6 Å². The number of rotatable bonds is 6. The van der Waals surface area contributed by atoms with Gasteiger partial charge in [-0.15, -0.1) is 0 Å². The summed E-state index contributed by atoms with van der Waals surface area (Å²) < 4.78 is 17.4. The normalized spacial score (nSPS) is 19.0. The molecule has 0 bridgehead atoms. The number of para-hydroxylation sites is 1. The van der Waals surface area contributed by atoms with Crippen LogP contribution in [0, 0.1) is 0 Å². The fraction of sp³-hybridized carbons (Fsp3) is 0.381. The quantitative estimate of drug-likeness (QED) is 0.842. The number of nitrogens with zero attached hydrogens (tertiary/aromatic N) is 1. The molecule has 1 saturated heterocycles. The van der Waals surface area contributed by atoms with Gasteiger partial charge in [-0.2, -0.15) is 0 Å². The molecule has 27 heavy (non-hydrogen) atoms. The average molecular weight is 369 g/mol. The Morgan fingerprint density at radius 3 is 2.93 bits per heavy atom. The molecule has 0 aromatic heterocycles. The number of ether oxygens (including phenoxy) is 3. The first-order valence-electron chi connectivity index (χ1n) is 9.31. The third-order valence-electron chi connectivity index (χ3n) is 5.05. The number of aromatic carboxylic acids is 1. The van der Waals surface area contributed by atoms with Crippen LogP contribution < -0.4 is 14.2 Å². The molecule has 2 aromatic rings. The number of hydrogen-bond acceptors (Lipinski definition) is 5. The monoisotopic (exact) mass is 369 g/mol. The molecule has 0 spiro atoms. The second kappa shape index (κ2) is 7.88. The van der Waals surface area contributed by atoms with Crippen molar-refractivity contribution in [2.24, 2.45) is 0 Å². The van der Waals surface area contributed by atoms with Crippen molar-refractivity contribution in [1.82, 2.24) is 4.90 Å². The zero-order valence-electron chi connectivity index (χ0n) is 15.1. The molecule has 6 heteroatoms. The van der Waals surface area contributed by atoms with E-state index >= 15 is 0 Å². The number of benzene rings is 2. The average Bonchev–Trinajstić information content (AvgIpc) is 3.16. The van der Waals surface area contributed by atoms with Gasteiger partial charge in [0.1, 0.15) is 25.6 Å². The lowest BCUT2D eigenvalue weighted by molar-refractivity contribution is 0.0696. The molecule has 0 amide bonds. The smallest absolute Gasteiger partial charge is 0.335 e. The van der Waals surface area contributed by atoms with Gasteiger partial charge in [-0.05, 0) is 43.7 Å². The predicted molar refractivity (Wildman–Crippen MR) is 99.9 cm³/mol. The predicted octanol–water partition coefficient (Wildman–Crippen LogP) is 3.37. The Hall–Kier alpha value is -2.73. The minimum atomic E-state index is -0.948. The third-order valence-corrected chi connectivity index (χ3v) is 5.05. The van der Waals surface area contributed by atoms with Crippen molar-refractivity contribution >= 4 is 5.97 Å². The molecule has 0 saturated carbocycles. The summed E-state index contributed by atoms with van der Waals surface area (Å²) in [4.78, 5) is 13.5. The second-order valence-corrected chi connectivity index (χ2v) is 6.75. The Morgan fingerprint density at radius 2 is 2.04 bits per heavy atom. The molecule has 142 valence electrons. The van der Waals surface area contributed by atoms with Crippen molar-refractivity contribution in [2.45, 2.75) is 18.9 Å². The summed E-state index contributed by atoms with van der Waals surface area (Å²) in [7, 11) is 0. The lowest BCUT2D eigenvalue weighted by atomic mass is 10.0. The molecule has 4 rings (SSSR count). The summed E-state index contributed by atoms with van der Waals surface area (Å²) in [5, 5.41) is 9.08. The first-order chi connectivity index (χ1) is 13.2. The second-order valence-electron chi connectivity index (χ2n) is 6.75. The highest BCUT2D eigenvalue weighted by atomic mass is 16.6. The van der Waals surface area contributed by atoms with Gasteiger partial charge in [0, 0.05) is 18.2 Å². The highest BCUT2D eigenvalue weighted by Gasteiger charge is 2.30. The molecule has 2 heterocycles. The minimum Gasteiger partial charge on any atom is -0.492 e. The Labute approximate surface area is 158 Å². The fourth-order valence-corrected chi connectivity index (χ4v) is 3.80. The number of carbonyl (C=O) groups is 1. The van der Waals surface area contributed by atoms with E-state index in [0.717, 1.165) is 37.4 Å². The first kappa shape index (κ1) is 17.7. The molecule has 2 aliphatic heterocycles. The van der Waals surface area contributed by atoms with Crippen LogP contribution >= 0.6 is 0 Å². The van der Waals surface area contributed by atoms with Crippen LogP contribution in [0.4, 0.5) is 0 Å². The van der Waals surface area contributed by atoms with Crippen molar-refractivity contribution in [2.75, 3.05) is 32.9 Å². The van der Waals surface area contributed by atoms with E-state index < -0.39 is 5.97 Å². The van der Waals surface area contributed by atoms with Gasteiger partial charge in [-0.3, -0.25) is 4.90 Å². The van der Waals surface area contributed by atoms with E-state index in [2.05, 4.69) is 11.0 Å². The zero-order chi connectivity index (χ0) is 18.6. The van der Waals surface area contributed by atoms with Gasteiger partial charge in [0.2, 0.25) is 0 Å². The van der Waals surface area contributed by atoms with Gasteiger partial charge in [0.05, 0.1) is 5.56 Å². The molecule has 6 nitrogen and oxygen atoms in total. The van der Waals surface area contributed by atoms with Gasteiger partial charge in [-0.25, -0.2) is 4.79 Å². The Balaban J connectivity index is 1.41. The van der Waals surface area contributed by atoms with E-state index in [1.165, 1.54) is 5.56 Å². The maximum absolute atomic E-state index is 11.1. The molecule has 2 aliphatic rings. The number of hydrogen-bond donors (Lipinski definition) is 1. The molecular weight excluding hydrogens is 346 g/mol. The van der Waals surface area contributed by atoms with Crippen LogP contribution in [0.3, 0.4) is 0 Å². The Morgan fingerprint density at radius 1 is 1.19 bits per heavy atom. The van der Waals surface area contributed by atoms with E-state index in [1.807, 2.05) is 12.1 Å². The van der Waals surface area contributed by atoms with Crippen LogP contribution in [0.2, 0.25) is 0 Å². The van der Waals surface area contributed by atoms with Gasteiger partial charge in [-0.1, -0.05) is 18.2 Å². The fourth-order valence-electron chi connectivity index (χ4n) is 3.80. The molecule has 2 aromatic carbocycles. The molecule has 1 unspecified atom stereocenters. The molecule has 1 fully saturated rings. The summed E-state index contributed by atoms with van der Waals surface area (Å²) in [5.41, 5.74) is 1.41. The van der Waals surface area contributed by atoms with E-state index in [4.69, 9.17) is 19.3 Å². The van der Waals surface area contributed by atoms with E-state index in [9.17, 15) is 4.79 Å². The Bertz CT molecular complexity index is 822. The van der Waals surface area contributed by atoms with Crippen molar-refractivity contribution < 1.29 is 24.1 Å². The number of fused-ring (bicyclic) bond motifs is 1. The maximum Gasteiger partial charge on any atom is 0.335 e. The van der Waals surface area contributed by atoms with Crippen LogP contribution in [0.5, 0.6) is 17.2 Å². The zero-order valence-corrected chi connectivity index (χ0v) is 15.1. The van der Waals surface area contributed by atoms with Gasteiger partial charge in [0.15, 0.2) is 11.5 Å². The molecule has 1 N–H and O–H groups in total. The summed E-state index contributed by atoms with van der Waals surface area (Å²) in [6, 6.07) is 13.0. The topological polar surface area (TPSA) is 68.2 Å². The molecule has 1 atom stereocenters. The van der Waals surface area contributed by atoms with Gasteiger partial charge in [0.25, 0.3) is 0 Å². The standard InChI is InChI=1S/C21H23NO5/c23-21(24)15-4-1-5-16(14-15)25-11-10-22-9-3-7-18(22)17-6-2-8-19-20(17)27-13-12-26-19/h1-2,4-6,8,14,18H,3,7,9-13H2,(H,23,24). The van der Waals surface area contributed by atoms with Crippen molar-refractivity contribution in [3.63, 3.8) is 0 Å². The van der Waals surface area contributed by atoms with Crippen LogP contribution in [0.25, 0.3) is 0 Å². The largest absolute Gasteiger partial charge is 0.492 e. The molecule has 0 aliphatic carbocycles. The summed E-state index contributed by atoms with van der Waals surface area (Å²) in [6.07, 6.45) is 2.21. The summed E-state index contributed by atoms with van der Waals surface area (Å²) >= 11 is 0. The minimum absolute atomic E-state index is 0.236. The van der Waals surface area contributed by atoms with Crippen LogP contribution in [-0.4, -0.2) is 48.9 Å². The van der Waals surface area contributed by atoms with Gasteiger partial charge < -0.3 is 19.3 Å². The maximum atomic E-state index is 11.1. The SMILES string of the molecule is O=C(O)c1cccc(OCCN2CCCC2c2cccc3c2OCCO3)c1. The first-order valence-corrected chi connectivity index (χ1v) is 9.31. The lowest BCUT2D eigenvalue weighted by Crippen LogP contribution is -2.29. The number of likely N-dealkylation sites (tertiary alicyclic amines) is 1. The molecular formula is C21H23NO5. The highest BCUT2D eigenvalue weighted by Crippen LogP contribution is 2.42. The Kier molecular flexibility index (Phi) is 5.16. The van der Waals surface area contributed by atoms with E-state index in [1.54, 1.807) is 24.3 Å². The van der Waals surface area contributed by atoms with Crippen molar-refractivity contribution in [1.29, 1.82) is 0 Å². The number of carboxylic acids is 1. The van der Waals surface area contributed by atoms with Crippen LogP contribution in [-0.2, 0) is 0 Å².